The average Bonchev–Trinajstić information content (AvgIpc) is 2.39. The predicted octanol–water partition coefficient (Wildman–Crippen LogP) is 1.29. The van der Waals surface area contributed by atoms with Gasteiger partial charge in [0.05, 0.1) is 0 Å². The fourth-order valence-corrected chi connectivity index (χ4v) is 1.82. The number of rotatable bonds is 0. The molecule has 2 aliphatic heterocycles. The van der Waals surface area contributed by atoms with Crippen molar-refractivity contribution in [3.63, 3.8) is 0 Å². The second-order valence-electron chi connectivity index (χ2n) is 3.05. The Morgan fingerprint density at radius 2 is 2.30 bits per heavy atom. The van der Waals surface area contributed by atoms with Crippen molar-refractivity contribution < 1.29 is 4.79 Å². The minimum Gasteiger partial charge on any atom is -0.316 e. The summed E-state index contributed by atoms with van der Waals surface area (Å²) in [5.74, 6) is 0.310. The first-order valence-corrected chi connectivity index (χ1v) is 3.78. The molecular weight excluding hydrogens is 126 g/mol. The largest absolute Gasteiger partial charge is 0.316 e. The summed E-state index contributed by atoms with van der Waals surface area (Å²) in [6, 6.07) is 0. The van der Waals surface area contributed by atoms with E-state index in [4.69, 9.17) is 0 Å². The van der Waals surface area contributed by atoms with E-state index in [1.54, 1.807) is 0 Å². The Hall–Kier alpha value is -0.790. The highest BCUT2D eigenvalue weighted by atomic mass is 16.2. The van der Waals surface area contributed by atoms with Crippen molar-refractivity contribution in [1.29, 1.82) is 0 Å². The quantitative estimate of drug-likeness (QED) is 0.492. The van der Waals surface area contributed by atoms with Gasteiger partial charge in [-0.3, -0.25) is 4.79 Å². The van der Waals surface area contributed by atoms with E-state index in [-0.39, 0.29) is 0 Å². The number of hydrogen-bond acceptors (Lipinski definition) is 1. The van der Waals surface area contributed by atoms with E-state index in [0.29, 0.717) is 12.3 Å². The van der Waals surface area contributed by atoms with Gasteiger partial charge in [-0.05, 0) is 25.3 Å². The first-order chi connectivity index (χ1) is 4.79. The molecule has 0 radical (unpaired) electrons. The van der Waals surface area contributed by atoms with Crippen LogP contribution in [0.25, 0.3) is 0 Å². The van der Waals surface area contributed by atoms with E-state index in [0.717, 1.165) is 13.0 Å². The third-order valence-corrected chi connectivity index (χ3v) is 2.33. The molecule has 0 aromatic carbocycles. The summed E-state index contributed by atoms with van der Waals surface area (Å²) < 4.78 is 0. The summed E-state index contributed by atoms with van der Waals surface area (Å²) in [5.41, 5.74) is 2.60. The molecule has 0 aromatic heterocycles. The van der Waals surface area contributed by atoms with Gasteiger partial charge in [-0.1, -0.05) is 0 Å². The fraction of sp³-hybridized carbons (Fsp3) is 0.625. The van der Waals surface area contributed by atoms with Crippen LogP contribution in [-0.4, -0.2) is 17.4 Å². The minimum absolute atomic E-state index is 0.310. The lowest BCUT2D eigenvalue weighted by molar-refractivity contribution is -0.126. The highest BCUT2D eigenvalue weighted by Gasteiger charge is 2.30. The predicted molar refractivity (Wildman–Crippen MR) is 38.3 cm³/mol. The number of carbonyl (C=O) groups excluding carboxylic acids is 1. The van der Waals surface area contributed by atoms with E-state index >= 15 is 0 Å². The topological polar surface area (TPSA) is 20.3 Å². The molecule has 0 unspecified atom stereocenters. The van der Waals surface area contributed by atoms with E-state index in [2.05, 4.69) is 6.92 Å². The van der Waals surface area contributed by atoms with Gasteiger partial charge >= 0.3 is 0 Å². The number of amides is 1. The second kappa shape index (κ2) is 1.84. The molecule has 0 aromatic rings. The summed E-state index contributed by atoms with van der Waals surface area (Å²) in [7, 11) is 0. The van der Waals surface area contributed by atoms with Crippen molar-refractivity contribution in [3.05, 3.63) is 11.3 Å². The van der Waals surface area contributed by atoms with E-state index < -0.39 is 0 Å². The molecule has 2 heterocycles. The molecule has 2 rings (SSSR count). The Labute approximate surface area is 60.5 Å². The first kappa shape index (κ1) is 5.96. The van der Waals surface area contributed by atoms with Crippen LogP contribution in [0.15, 0.2) is 11.3 Å². The number of hydrogen-bond donors (Lipinski definition) is 0. The maximum absolute atomic E-state index is 11.2. The molecular formula is C8H11NO. The van der Waals surface area contributed by atoms with E-state index in [1.165, 1.54) is 17.7 Å². The standard InChI is InChI=1S/C8H11NO/c1-6-5-8(10)9-4-2-3-7(6)9/h2-5H2,1H3. The summed E-state index contributed by atoms with van der Waals surface area (Å²) in [6.45, 7) is 3.03. The van der Waals surface area contributed by atoms with Gasteiger partial charge in [0, 0.05) is 18.7 Å². The van der Waals surface area contributed by atoms with Gasteiger partial charge in [0.1, 0.15) is 0 Å². The lowest BCUT2D eigenvalue weighted by atomic mass is 10.2. The molecule has 1 fully saturated rings. The smallest absolute Gasteiger partial charge is 0.230 e. The summed E-state index contributed by atoms with van der Waals surface area (Å²) in [6.07, 6.45) is 2.96. The van der Waals surface area contributed by atoms with Crippen LogP contribution >= 0.6 is 0 Å². The molecule has 0 atom stereocenters. The van der Waals surface area contributed by atoms with Crippen LogP contribution < -0.4 is 0 Å². The highest BCUT2D eigenvalue weighted by Crippen LogP contribution is 2.32. The molecule has 0 bridgehead atoms. The Balaban J connectivity index is 2.36. The molecule has 2 aliphatic rings. The van der Waals surface area contributed by atoms with Gasteiger partial charge in [-0.15, -0.1) is 0 Å². The van der Waals surface area contributed by atoms with Crippen LogP contribution in [0.2, 0.25) is 0 Å². The Morgan fingerprint density at radius 1 is 1.50 bits per heavy atom. The third-order valence-electron chi connectivity index (χ3n) is 2.33. The van der Waals surface area contributed by atoms with Crippen molar-refractivity contribution in [2.75, 3.05) is 6.54 Å². The number of carbonyl (C=O) groups is 1. The van der Waals surface area contributed by atoms with Crippen molar-refractivity contribution in [2.24, 2.45) is 0 Å². The summed E-state index contributed by atoms with van der Waals surface area (Å²) >= 11 is 0. The van der Waals surface area contributed by atoms with E-state index in [1.807, 2.05) is 4.90 Å². The second-order valence-corrected chi connectivity index (χ2v) is 3.05. The van der Waals surface area contributed by atoms with Crippen molar-refractivity contribution in [1.82, 2.24) is 4.90 Å². The van der Waals surface area contributed by atoms with Crippen molar-refractivity contribution >= 4 is 5.91 Å². The van der Waals surface area contributed by atoms with Crippen LogP contribution in [0, 0.1) is 0 Å². The monoisotopic (exact) mass is 137 g/mol. The van der Waals surface area contributed by atoms with Crippen LogP contribution in [0.3, 0.4) is 0 Å². The third kappa shape index (κ3) is 0.618. The fourth-order valence-electron chi connectivity index (χ4n) is 1.82. The first-order valence-electron chi connectivity index (χ1n) is 3.78. The molecule has 10 heavy (non-hydrogen) atoms. The molecule has 1 saturated heterocycles. The molecule has 0 saturated carbocycles. The maximum Gasteiger partial charge on any atom is 0.230 e. The lowest BCUT2D eigenvalue weighted by Crippen LogP contribution is -2.20. The van der Waals surface area contributed by atoms with Gasteiger partial charge in [-0.25, -0.2) is 0 Å². The number of allylic oxidation sites excluding steroid dienone is 1. The van der Waals surface area contributed by atoms with E-state index in [9.17, 15) is 4.79 Å². The molecule has 0 N–H and O–H groups in total. The summed E-state index contributed by atoms with van der Waals surface area (Å²) in [5, 5.41) is 0. The zero-order chi connectivity index (χ0) is 7.14. The Kier molecular flexibility index (Phi) is 1.10. The molecule has 54 valence electrons. The Bertz CT molecular complexity index is 217. The van der Waals surface area contributed by atoms with Gasteiger partial charge < -0.3 is 4.90 Å². The van der Waals surface area contributed by atoms with Crippen LogP contribution in [0.4, 0.5) is 0 Å². The average molecular weight is 137 g/mol. The van der Waals surface area contributed by atoms with Crippen LogP contribution in [0.1, 0.15) is 26.2 Å². The zero-order valence-electron chi connectivity index (χ0n) is 6.18. The Morgan fingerprint density at radius 3 is 3.00 bits per heavy atom. The molecule has 0 spiro atoms. The van der Waals surface area contributed by atoms with Crippen molar-refractivity contribution in [3.8, 4) is 0 Å². The van der Waals surface area contributed by atoms with Gasteiger partial charge in [0.25, 0.3) is 0 Å². The minimum atomic E-state index is 0.310. The van der Waals surface area contributed by atoms with Crippen molar-refractivity contribution in [2.45, 2.75) is 26.2 Å². The van der Waals surface area contributed by atoms with Gasteiger partial charge in [0.15, 0.2) is 0 Å². The normalized spacial score (nSPS) is 24.5. The van der Waals surface area contributed by atoms with Crippen LogP contribution in [0.5, 0.6) is 0 Å². The highest BCUT2D eigenvalue weighted by molar-refractivity contribution is 5.84. The number of nitrogens with zero attached hydrogens (tertiary/aromatic N) is 1. The van der Waals surface area contributed by atoms with Gasteiger partial charge in [0.2, 0.25) is 5.91 Å². The molecule has 0 aliphatic carbocycles. The number of fused-ring (bicyclic) bond motifs is 1. The molecule has 2 nitrogen and oxygen atoms in total. The van der Waals surface area contributed by atoms with Gasteiger partial charge in [-0.2, -0.15) is 0 Å². The summed E-state index contributed by atoms with van der Waals surface area (Å²) in [4.78, 5) is 13.1. The maximum atomic E-state index is 11.2. The molecule has 1 amide bonds. The molecule has 2 heteroatoms. The lowest BCUT2D eigenvalue weighted by Gasteiger charge is -2.09. The SMILES string of the molecule is CC1=C2CCCN2C(=O)C1. The van der Waals surface area contributed by atoms with Crippen LogP contribution in [-0.2, 0) is 4.79 Å². The zero-order valence-corrected chi connectivity index (χ0v) is 6.18.